The second-order valence-electron chi connectivity index (χ2n) is 5.93. The average Bonchev–Trinajstić information content (AvgIpc) is 2.44. The SMILES string of the molecule is Cc1cc(=O)oc2cc3c(cc12)CCCN3CCCS(=O)(=O)[O-].[Na+]. The number of aryl methyl sites for hydroxylation is 2. The largest absolute Gasteiger partial charge is 1.00 e. The molecule has 0 fully saturated rings. The second kappa shape index (κ2) is 7.58. The molecule has 24 heavy (non-hydrogen) atoms. The minimum atomic E-state index is -4.18. The van der Waals surface area contributed by atoms with E-state index in [1.165, 1.54) is 6.07 Å². The summed E-state index contributed by atoms with van der Waals surface area (Å²) in [4.78, 5) is 13.6. The van der Waals surface area contributed by atoms with Gasteiger partial charge in [0.05, 0.1) is 10.1 Å². The van der Waals surface area contributed by atoms with Crippen molar-refractivity contribution >= 4 is 26.8 Å². The first-order valence-electron chi connectivity index (χ1n) is 7.59. The number of hydrogen-bond donors (Lipinski definition) is 0. The fraction of sp³-hybridized carbons (Fsp3) is 0.438. The second-order valence-corrected chi connectivity index (χ2v) is 7.46. The molecule has 1 aliphatic heterocycles. The molecule has 0 amide bonds. The molecule has 1 aromatic carbocycles. The number of fused-ring (bicyclic) bond motifs is 2. The fourth-order valence-electron chi connectivity index (χ4n) is 3.14. The molecule has 0 bridgehead atoms. The third-order valence-corrected chi connectivity index (χ3v) is 4.98. The van der Waals surface area contributed by atoms with Gasteiger partial charge in [-0.3, -0.25) is 0 Å². The molecular formula is C16H18NNaO5S. The van der Waals surface area contributed by atoms with E-state index in [4.69, 9.17) is 4.42 Å². The number of anilines is 1. The van der Waals surface area contributed by atoms with Crippen molar-refractivity contribution in [3.8, 4) is 0 Å². The van der Waals surface area contributed by atoms with E-state index in [1.807, 2.05) is 19.1 Å². The zero-order chi connectivity index (χ0) is 16.6. The monoisotopic (exact) mass is 359 g/mol. The van der Waals surface area contributed by atoms with E-state index in [0.717, 1.165) is 41.6 Å². The Morgan fingerprint density at radius 3 is 2.75 bits per heavy atom. The molecule has 2 heterocycles. The van der Waals surface area contributed by atoms with Crippen LogP contribution in [-0.2, 0) is 16.5 Å². The summed E-state index contributed by atoms with van der Waals surface area (Å²) in [6, 6.07) is 5.37. The molecule has 8 heteroatoms. The van der Waals surface area contributed by atoms with Gasteiger partial charge in [0.15, 0.2) is 0 Å². The Morgan fingerprint density at radius 1 is 1.29 bits per heavy atom. The van der Waals surface area contributed by atoms with Crippen LogP contribution in [0.1, 0.15) is 24.0 Å². The van der Waals surface area contributed by atoms with Crippen LogP contribution >= 0.6 is 0 Å². The van der Waals surface area contributed by atoms with Crippen LogP contribution in [0, 0.1) is 6.92 Å². The molecule has 0 unspecified atom stereocenters. The Bertz CT molecular complexity index is 907. The van der Waals surface area contributed by atoms with Crippen molar-refractivity contribution in [2.24, 2.45) is 0 Å². The molecule has 6 nitrogen and oxygen atoms in total. The van der Waals surface area contributed by atoms with Gasteiger partial charge in [-0.25, -0.2) is 13.2 Å². The van der Waals surface area contributed by atoms with E-state index >= 15 is 0 Å². The molecular weight excluding hydrogens is 341 g/mol. The Kier molecular flexibility index (Phi) is 6.14. The van der Waals surface area contributed by atoms with Crippen molar-refractivity contribution in [3.63, 3.8) is 0 Å². The molecule has 0 atom stereocenters. The van der Waals surface area contributed by atoms with Crippen LogP contribution in [0.4, 0.5) is 5.69 Å². The molecule has 0 N–H and O–H groups in total. The van der Waals surface area contributed by atoms with E-state index in [0.29, 0.717) is 18.5 Å². The van der Waals surface area contributed by atoms with Gasteiger partial charge in [-0.05, 0) is 43.4 Å². The molecule has 0 aliphatic carbocycles. The van der Waals surface area contributed by atoms with E-state index in [-0.39, 0.29) is 40.9 Å². The molecule has 3 rings (SSSR count). The third-order valence-electron chi connectivity index (χ3n) is 4.19. The topological polar surface area (TPSA) is 90.7 Å². The smallest absolute Gasteiger partial charge is 0.748 e. The van der Waals surface area contributed by atoms with E-state index in [2.05, 4.69) is 4.90 Å². The Hall–Kier alpha value is -0.860. The van der Waals surface area contributed by atoms with Gasteiger partial charge in [-0.2, -0.15) is 0 Å². The molecule has 1 aliphatic rings. The predicted octanol–water partition coefficient (Wildman–Crippen LogP) is -1.21. The van der Waals surface area contributed by atoms with Crippen molar-refractivity contribution < 1.29 is 46.9 Å². The molecule has 0 saturated heterocycles. The Balaban J connectivity index is 0.00000208. The van der Waals surface area contributed by atoms with Crippen molar-refractivity contribution in [1.29, 1.82) is 0 Å². The van der Waals surface area contributed by atoms with Crippen molar-refractivity contribution in [1.82, 2.24) is 0 Å². The quantitative estimate of drug-likeness (QED) is 0.387. The van der Waals surface area contributed by atoms with Gasteiger partial charge in [0.25, 0.3) is 0 Å². The number of benzene rings is 1. The minimum absolute atomic E-state index is 0. The zero-order valence-corrected chi connectivity index (χ0v) is 16.7. The fourth-order valence-corrected chi connectivity index (χ4v) is 3.62. The summed E-state index contributed by atoms with van der Waals surface area (Å²) in [5, 5.41) is 0.923. The first kappa shape index (κ1) is 19.5. The third kappa shape index (κ3) is 4.40. The summed E-state index contributed by atoms with van der Waals surface area (Å²) in [5.41, 5.74) is 3.16. The van der Waals surface area contributed by atoms with Gasteiger partial charge in [0, 0.05) is 42.0 Å². The summed E-state index contributed by atoms with van der Waals surface area (Å²) in [6.45, 7) is 3.18. The maximum absolute atomic E-state index is 11.6. The Labute approximate surface area is 162 Å². The molecule has 0 saturated carbocycles. The van der Waals surface area contributed by atoms with Crippen LogP contribution in [0.2, 0.25) is 0 Å². The zero-order valence-electron chi connectivity index (χ0n) is 13.9. The van der Waals surface area contributed by atoms with E-state index < -0.39 is 10.1 Å². The first-order valence-corrected chi connectivity index (χ1v) is 9.17. The summed E-state index contributed by atoms with van der Waals surface area (Å²) in [6.07, 6.45) is 2.19. The van der Waals surface area contributed by atoms with E-state index in [1.54, 1.807) is 0 Å². The maximum Gasteiger partial charge on any atom is 1.00 e. The minimum Gasteiger partial charge on any atom is -0.748 e. The standard InChI is InChI=1S/C16H19NO5S.Na/c1-11-8-16(18)22-15-10-14-12(9-13(11)15)4-2-5-17(14)6-3-7-23(19,20)21;/h8-10H,2-7H2,1H3,(H,19,20,21);/q;+1/p-1. The summed E-state index contributed by atoms with van der Waals surface area (Å²) < 4.78 is 37.5. The van der Waals surface area contributed by atoms with Gasteiger partial charge in [-0.15, -0.1) is 0 Å². The van der Waals surface area contributed by atoms with Crippen LogP contribution in [-0.4, -0.2) is 31.8 Å². The predicted molar refractivity (Wildman–Crippen MR) is 86.9 cm³/mol. The molecule has 124 valence electrons. The van der Waals surface area contributed by atoms with Crippen molar-refractivity contribution in [2.45, 2.75) is 26.2 Å². The van der Waals surface area contributed by atoms with Gasteiger partial charge in [0.2, 0.25) is 0 Å². The number of nitrogens with zero attached hydrogens (tertiary/aromatic N) is 1. The maximum atomic E-state index is 11.6. The van der Waals surface area contributed by atoms with Gasteiger partial charge in [0.1, 0.15) is 5.58 Å². The van der Waals surface area contributed by atoms with Gasteiger partial charge >= 0.3 is 35.2 Å². The average molecular weight is 359 g/mol. The van der Waals surface area contributed by atoms with Gasteiger partial charge in [-0.1, -0.05) is 0 Å². The van der Waals surface area contributed by atoms with Crippen LogP contribution in [0.3, 0.4) is 0 Å². The summed E-state index contributed by atoms with van der Waals surface area (Å²) >= 11 is 0. The first-order chi connectivity index (χ1) is 10.8. The molecule has 0 radical (unpaired) electrons. The summed E-state index contributed by atoms with van der Waals surface area (Å²) in [5.74, 6) is -0.361. The number of rotatable bonds is 4. The van der Waals surface area contributed by atoms with Crippen LogP contribution in [0.15, 0.2) is 27.4 Å². The molecule has 2 aromatic rings. The van der Waals surface area contributed by atoms with Crippen molar-refractivity contribution in [2.75, 3.05) is 23.7 Å². The van der Waals surface area contributed by atoms with Crippen LogP contribution < -0.4 is 40.1 Å². The van der Waals surface area contributed by atoms with Crippen molar-refractivity contribution in [3.05, 3.63) is 39.7 Å². The van der Waals surface area contributed by atoms with Gasteiger partial charge < -0.3 is 13.9 Å². The Morgan fingerprint density at radius 2 is 2.04 bits per heavy atom. The number of hydrogen-bond acceptors (Lipinski definition) is 6. The van der Waals surface area contributed by atoms with Crippen LogP contribution in [0.25, 0.3) is 11.0 Å². The summed E-state index contributed by atoms with van der Waals surface area (Å²) in [7, 11) is -4.18. The van der Waals surface area contributed by atoms with E-state index in [9.17, 15) is 17.8 Å². The molecule has 0 spiro atoms. The molecule has 1 aromatic heterocycles. The normalized spacial score (nSPS) is 14.3. The van der Waals surface area contributed by atoms with Crippen LogP contribution in [0.5, 0.6) is 0 Å².